The number of nitrogens with zero attached hydrogens (tertiary/aromatic N) is 5. The first-order valence-corrected chi connectivity index (χ1v) is 14.3. The summed E-state index contributed by atoms with van der Waals surface area (Å²) in [6, 6.07) is -1.64. The maximum atomic E-state index is 13.7. The van der Waals surface area contributed by atoms with Gasteiger partial charge in [0.15, 0.2) is 0 Å². The summed E-state index contributed by atoms with van der Waals surface area (Å²) in [5.74, 6) is -1.64. The molecule has 12 heteroatoms. The number of carbonyl (C=O) groups excluding carboxylic acids is 2. The van der Waals surface area contributed by atoms with Gasteiger partial charge in [-0.15, -0.1) is 0 Å². The maximum absolute atomic E-state index is 13.7. The second kappa shape index (κ2) is 12.7. The largest absolute Gasteiger partial charge is 0.488 e. The van der Waals surface area contributed by atoms with Crippen LogP contribution >= 0.6 is 0 Å². The van der Waals surface area contributed by atoms with Crippen molar-refractivity contribution in [3.8, 4) is 5.75 Å². The van der Waals surface area contributed by atoms with Gasteiger partial charge in [-0.2, -0.15) is 13.2 Å². The molecule has 0 spiro atoms. The van der Waals surface area contributed by atoms with Crippen molar-refractivity contribution in [1.29, 1.82) is 0 Å². The lowest BCUT2D eigenvalue weighted by atomic mass is 10.1. The lowest BCUT2D eigenvalue weighted by Crippen LogP contribution is -2.41. The number of fused-ring (bicyclic) bond motifs is 1. The lowest BCUT2D eigenvalue weighted by Gasteiger charge is -2.34. The van der Waals surface area contributed by atoms with E-state index in [9.17, 15) is 22.8 Å². The van der Waals surface area contributed by atoms with Crippen LogP contribution in [0.1, 0.15) is 74.9 Å². The van der Waals surface area contributed by atoms with Gasteiger partial charge in [0.05, 0.1) is 18.4 Å². The van der Waals surface area contributed by atoms with Gasteiger partial charge in [-0.05, 0) is 76.2 Å². The zero-order valence-electron chi connectivity index (χ0n) is 29.1. The molecule has 9 nitrogen and oxygen atoms in total. The number of piperidine rings is 1. The molecule has 0 saturated carbocycles. The van der Waals surface area contributed by atoms with Gasteiger partial charge >= 0.3 is 6.18 Å². The van der Waals surface area contributed by atoms with Crippen LogP contribution in [-0.4, -0.2) is 74.5 Å². The molecule has 1 atom stereocenters. The number of hydrogen-bond acceptors (Lipinski definition) is 6. The lowest BCUT2D eigenvalue weighted by molar-refractivity contribution is -0.141. The molecule has 2 amide bonds. The third-order valence-corrected chi connectivity index (χ3v) is 7.85. The topological polar surface area (TPSA) is 92.6 Å². The SMILES string of the molecule is [2H]c1cc(OC2CCN(C(C)C)CC2)c2c(nc(NC(=O)c3c([2H])c([2H])nc(C(F)(F)F)c3[2H])n2[C@@H]2CCCCN(C(=O)C=C)C2)c1[2H]. The van der Waals surface area contributed by atoms with Crippen LogP contribution in [0.15, 0.2) is 49.1 Å². The van der Waals surface area contributed by atoms with E-state index in [0.29, 0.717) is 44.7 Å². The Morgan fingerprint density at radius 3 is 2.65 bits per heavy atom. The van der Waals surface area contributed by atoms with Crippen molar-refractivity contribution in [1.82, 2.24) is 24.3 Å². The van der Waals surface area contributed by atoms with Crippen molar-refractivity contribution in [2.24, 2.45) is 0 Å². The molecule has 0 bridgehead atoms. The van der Waals surface area contributed by atoms with E-state index in [1.165, 1.54) is 12.1 Å². The molecule has 230 valence electrons. The molecule has 0 unspecified atom stereocenters. The van der Waals surface area contributed by atoms with Crippen molar-refractivity contribution in [2.45, 2.75) is 70.3 Å². The number of amides is 2. The summed E-state index contributed by atoms with van der Waals surface area (Å²) < 4.78 is 90.2. The molecule has 2 aliphatic heterocycles. The summed E-state index contributed by atoms with van der Waals surface area (Å²) in [4.78, 5) is 37.8. The van der Waals surface area contributed by atoms with E-state index in [4.69, 9.17) is 11.6 Å². The number of hydrogen-bond donors (Lipinski definition) is 1. The fourth-order valence-corrected chi connectivity index (χ4v) is 5.61. The zero-order chi connectivity index (χ0) is 35.1. The van der Waals surface area contributed by atoms with Crippen LogP contribution in [0, 0.1) is 0 Å². The van der Waals surface area contributed by atoms with Crippen molar-refractivity contribution >= 4 is 28.8 Å². The van der Waals surface area contributed by atoms with Gasteiger partial charge in [0.1, 0.15) is 23.1 Å². The first-order chi connectivity index (χ1) is 22.6. The highest BCUT2D eigenvalue weighted by Crippen LogP contribution is 2.36. The van der Waals surface area contributed by atoms with Gasteiger partial charge in [0.2, 0.25) is 11.9 Å². The summed E-state index contributed by atoms with van der Waals surface area (Å²) in [6.07, 6.45) is -2.16. The van der Waals surface area contributed by atoms with Crippen LogP contribution in [0.5, 0.6) is 5.75 Å². The molecular weight excluding hydrogens is 561 g/mol. The van der Waals surface area contributed by atoms with Crippen LogP contribution < -0.4 is 10.1 Å². The van der Waals surface area contributed by atoms with Gasteiger partial charge in [-0.25, -0.2) is 4.98 Å². The number of rotatable bonds is 7. The van der Waals surface area contributed by atoms with Gasteiger partial charge in [-0.3, -0.25) is 19.9 Å². The van der Waals surface area contributed by atoms with Crippen LogP contribution in [0.2, 0.25) is 0 Å². The van der Waals surface area contributed by atoms with E-state index < -0.39 is 47.6 Å². The van der Waals surface area contributed by atoms with E-state index in [2.05, 4.69) is 40.6 Å². The molecule has 2 fully saturated rings. The molecule has 2 aromatic heterocycles. The van der Waals surface area contributed by atoms with E-state index in [1.54, 1.807) is 9.47 Å². The Kier molecular flexibility index (Phi) is 7.26. The molecular formula is C31H37F3N6O3. The number of benzene rings is 1. The fraction of sp³-hybridized carbons (Fsp3) is 0.484. The van der Waals surface area contributed by atoms with Crippen molar-refractivity contribution in [2.75, 3.05) is 31.5 Å². The maximum Gasteiger partial charge on any atom is 0.433 e. The van der Waals surface area contributed by atoms with Crippen molar-refractivity contribution < 1.29 is 34.4 Å². The van der Waals surface area contributed by atoms with Gasteiger partial charge in [0, 0.05) is 44.0 Å². The second-order valence-corrected chi connectivity index (χ2v) is 11.0. The van der Waals surface area contributed by atoms with Gasteiger partial charge in [0.25, 0.3) is 5.91 Å². The number of alkyl halides is 3. The number of pyridine rings is 1. The van der Waals surface area contributed by atoms with Crippen LogP contribution in [0.3, 0.4) is 0 Å². The quantitative estimate of drug-likeness (QED) is 0.349. The number of aromatic nitrogens is 3. The summed E-state index contributed by atoms with van der Waals surface area (Å²) in [6.45, 7) is 9.95. The van der Waals surface area contributed by atoms with Crippen molar-refractivity contribution in [3.63, 3.8) is 0 Å². The normalized spacial score (nSPS) is 20.6. The minimum atomic E-state index is -5.16. The number of likely N-dealkylation sites (tertiary alicyclic amines) is 2. The summed E-state index contributed by atoms with van der Waals surface area (Å²) in [7, 11) is 0. The van der Waals surface area contributed by atoms with E-state index in [1.807, 2.05) is 0 Å². The van der Waals surface area contributed by atoms with Gasteiger partial charge in [-0.1, -0.05) is 12.6 Å². The molecule has 0 radical (unpaired) electrons. The highest BCUT2D eigenvalue weighted by Gasteiger charge is 2.34. The number of anilines is 1. The number of ether oxygens (including phenoxy) is 1. The Morgan fingerprint density at radius 2 is 1.95 bits per heavy atom. The standard InChI is InChI=1S/C31H37F3N6O3/c1-4-27(41)39-15-6-5-8-22(19-39)40-28-24(9-7-10-25(28)43-23-12-16-38(17-13-23)20(2)3)36-30(40)37-29(42)21-11-14-35-26(18-21)31(32,33)34/h4,7,9-11,14,18,20,22-23H,1,5-6,8,12-13,15-17,19H2,2-3H3,(H,36,37,42)/t22-/m1/s1/i7D,9D,11D,14D,18D. The summed E-state index contributed by atoms with van der Waals surface area (Å²) in [5.41, 5.74) is -2.55. The van der Waals surface area contributed by atoms with E-state index >= 15 is 0 Å². The molecule has 5 rings (SSSR count). The predicted molar refractivity (Wildman–Crippen MR) is 157 cm³/mol. The monoisotopic (exact) mass is 603 g/mol. The minimum absolute atomic E-state index is 0.0117. The van der Waals surface area contributed by atoms with E-state index in [-0.39, 0.29) is 53.4 Å². The Balaban J connectivity index is 1.66. The number of imidazole rings is 1. The Labute approximate surface area is 255 Å². The number of carbonyl (C=O) groups is 2. The first kappa shape index (κ1) is 24.5. The number of halogens is 3. The Bertz CT molecular complexity index is 1740. The molecule has 43 heavy (non-hydrogen) atoms. The molecule has 2 aliphatic rings. The van der Waals surface area contributed by atoms with Crippen molar-refractivity contribution in [3.05, 3.63) is 60.3 Å². The minimum Gasteiger partial charge on any atom is -0.488 e. The highest BCUT2D eigenvalue weighted by atomic mass is 19.4. The second-order valence-electron chi connectivity index (χ2n) is 11.0. The van der Waals surface area contributed by atoms with Gasteiger partial charge < -0.3 is 19.1 Å². The van der Waals surface area contributed by atoms with Crippen LogP contribution in [-0.2, 0) is 11.0 Å². The third kappa shape index (κ3) is 6.84. The average Bonchev–Trinajstić information content (AvgIpc) is 3.22. The molecule has 2 saturated heterocycles. The Hall–Kier alpha value is -3.93. The number of para-hydroxylation sites is 1. The molecule has 1 N–H and O–H groups in total. The predicted octanol–water partition coefficient (Wildman–Crippen LogP) is 5.69. The third-order valence-electron chi connectivity index (χ3n) is 7.85. The van der Waals surface area contributed by atoms with E-state index in [0.717, 1.165) is 13.1 Å². The fourth-order valence-electron chi connectivity index (χ4n) is 5.61. The molecule has 4 heterocycles. The molecule has 3 aromatic rings. The summed E-state index contributed by atoms with van der Waals surface area (Å²) >= 11 is 0. The smallest absolute Gasteiger partial charge is 0.433 e. The Morgan fingerprint density at radius 1 is 1.19 bits per heavy atom. The summed E-state index contributed by atoms with van der Waals surface area (Å²) in [5, 5.41) is 2.44. The average molecular weight is 604 g/mol. The molecule has 0 aliphatic carbocycles. The zero-order valence-corrected chi connectivity index (χ0v) is 24.1. The van der Waals surface area contributed by atoms with Crippen LogP contribution in [0.4, 0.5) is 19.1 Å². The highest BCUT2D eigenvalue weighted by molar-refractivity contribution is 6.04. The first-order valence-electron chi connectivity index (χ1n) is 16.8. The number of nitrogens with one attached hydrogen (secondary N) is 1. The van der Waals surface area contributed by atoms with Crippen LogP contribution in [0.25, 0.3) is 11.0 Å². The molecule has 1 aromatic carbocycles.